The molecule has 1 fully saturated rings. The highest BCUT2D eigenvalue weighted by atomic mass is 16.5. The Labute approximate surface area is 202 Å². The Balaban J connectivity index is 1.56. The summed E-state index contributed by atoms with van der Waals surface area (Å²) in [5, 5.41) is 0. The van der Waals surface area contributed by atoms with Crippen LogP contribution in [0.5, 0.6) is 0 Å². The minimum Gasteiger partial charge on any atom is -0.462 e. The summed E-state index contributed by atoms with van der Waals surface area (Å²) in [5.74, 6) is -1.20. The molecule has 182 valence electrons. The number of aromatic nitrogens is 2. The number of ether oxygens (including phenoxy) is 2. The first-order valence-electron chi connectivity index (χ1n) is 11.6. The molecule has 8 nitrogen and oxygen atoms in total. The molecule has 0 unspecified atom stereocenters. The number of rotatable bonds is 8. The van der Waals surface area contributed by atoms with E-state index in [0.717, 1.165) is 5.56 Å². The van der Waals surface area contributed by atoms with Crippen molar-refractivity contribution in [3.8, 4) is 0 Å². The van der Waals surface area contributed by atoms with E-state index in [0.29, 0.717) is 24.2 Å². The van der Waals surface area contributed by atoms with E-state index < -0.39 is 23.1 Å². The van der Waals surface area contributed by atoms with Gasteiger partial charge < -0.3 is 9.47 Å². The SMILES string of the molecule is CC(=O)O[C@@H]1C[C@@H](COCc2ccccc2)[C@H]1Cn1cc(C)c(=O)n(C(=O)c2ccccc2)c1=O. The molecule has 1 aliphatic rings. The van der Waals surface area contributed by atoms with Crippen LogP contribution in [0, 0.1) is 18.8 Å². The molecule has 0 saturated heterocycles. The van der Waals surface area contributed by atoms with Crippen molar-refractivity contribution < 1.29 is 19.1 Å². The number of carbonyl (C=O) groups excluding carboxylic acids is 2. The van der Waals surface area contributed by atoms with Crippen LogP contribution in [0.15, 0.2) is 76.4 Å². The fourth-order valence-corrected chi connectivity index (χ4v) is 4.45. The van der Waals surface area contributed by atoms with Gasteiger partial charge >= 0.3 is 11.7 Å². The molecule has 3 atom stereocenters. The van der Waals surface area contributed by atoms with E-state index >= 15 is 0 Å². The monoisotopic (exact) mass is 476 g/mol. The average Bonchev–Trinajstić information content (AvgIpc) is 2.85. The molecule has 0 aliphatic heterocycles. The van der Waals surface area contributed by atoms with Gasteiger partial charge in [-0.1, -0.05) is 48.5 Å². The standard InChI is InChI=1S/C27H28N2O6/c1-18-14-28(27(33)29(25(18)31)26(32)21-11-7-4-8-12-21)15-23-22(13-24(23)35-19(2)30)17-34-16-20-9-5-3-6-10-20/h3-12,14,22-24H,13,15-17H2,1-2H3/t22-,23+,24+/m0/s1. The van der Waals surface area contributed by atoms with E-state index in [4.69, 9.17) is 9.47 Å². The van der Waals surface area contributed by atoms with Gasteiger partial charge in [-0.3, -0.25) is 19.0 Å². The highest BCUT2D eigenvalue weighted by Crippen LogP contribution is 2.38. The predicted octanol–water partition coefficient (Wildman–Crippen LogP) is 2.79. The van der Waals surface area contributed by atoms with Crippen LogP contribution < -0.4 is 11.2 Å². The molecule has 1 aliphatic carbocycles. The molecule has 2 aromatic carbocycles. The minimum absolute atomic E-state index is 0.0560. The van der Waals surface area contributed by atoms with Crippen LogP contribution in [0.4, 0.5) is 0 Å². The molecule has 1 heterocycles. The van der Waals surface area contributed by atoms with Gasteiger partial charge in [0.2, 0.25) is 0 Å². The summed E-state index contributed by atoms with van der Waals surface area (Å²) in [6.07, 6.45) is 1.72. The second-order valence-corrected chi connectivity index (χ2v) is 8.87. The molecule has 35 heavy (non-hydrogen) atoms. The zero-order chi connectivity index (χ0) is 24.9. The van der Waals surface area contributed by atoms with Crippen LogP contribution >= 0.6 is 0 Å². The smallest absolute Gasteiger partial charge is 0.338 e. The van der Waals surface area contributed by atoms with Gasteiger partial charge in [0, 0.05) is 36.7 Å². The summed E-state index contributed by atoms with van der Waals surface area (Å²) in [4.78, 5) is 50.5. The first-order valence-corrected chi connectivity index (χ1v) is 11.6. The van der Waals surface area contributed by atoms with Crippen molar-refractivity contribution in [1.82, 2.24) is 9.13 Å². The number of carbonyl (C=O) groups is 2. The normalized spacial score (nSPS) is 19.1. The van der Waals surface area contributed by atoms with Gasteiger partial charge in [0.15, 0.2) is 0 Å². The molecule has 0 radical (unpaired) electrons. The maximum absolute atomic E-state index is 13.2. The summed E-state index contributed by atoms with van der Waals surface area (Å²) in [5.41, 5.74) is 0.213. The van der Waals surface area contributed by atoms with Gasteiger partial charge in [0.05, 0.1) is 13.2 Å². The Morgan fingerprint density at radius 2 is 1.66 bits per heavy atom. The van der Waals surface area contributed by atoms with Crippen LogP contribution in [0.1, 0.15) is 34.8 Å². The molecule has 8 heteroatoms. The van der Waals surface area contributed by atoms with Crippen LogP contribution in [-0.2, 0) is 27.4 Å². The summed E-state index contributed by atoms with van der Waals surface area (Å²) < 4.78 is 13.4. The Bertz CT molecular complexity index is 1310. The van der Waals surface area contributed by atoms with E-state index in [9.17, 15) is 19.2 Å². The van der Waals surface area contributed by atoms with Crippen LogP contribution in [0.2, 0.25) is 0 Å². The largest absolute Gasteiger partial charge is 0.462 e. The molecule has 0 N–H and O–H groups in total. The molecule has 0 spiro atoms. The third-order valence-corrected chi connectivity index (χ3v) is 6.34. The van der Waals surface area contributed by atoms with Crippen molar-refractivity contribution in [3.05, 3.63) is 104 Å². The van der Waals surface area contributed by atoms with Crippen molar-refractivity contribution in [2.24, 2.45) is 11.8 Å². The van der Waals surface area contributed by atoms with Crippen LogP contribution in [0.25, 0.3) is 0 Å². The number of esters is 1. The molecule has 3 aromatic rings. The summed E-state index contributed by atoms with van der Waals surface area (Å²) in [7, 11) is 0. The van der Waals surface area contributed by atoms with E-state index in [1.165, 1.54) is 17.7 Å². The van der Waals surface area contributed by atoms with E-state index in [1.54, 1.807) is 37.3 Å². The maximum Gasteiger partial charge on any atom is 0.338 e. The van der Waals surface area contributed by atoms with E-state index in [2.05, 4.69) is 0 Å². The fourth-order valence-electron chi connectivity index (χ4n) is 4.45. The third kappa shape index (κ3) is 5.49. The van der Waals surface area contributed by atoms with Crippen molar-refractivity contribution in [2.45, 2.75) is 39.5 Å². The van der Waals surface area contributed by atoms with Gasteiger partial charge in [-0.15, -0.1) is 0 Å². The number of nitrogens with zero attached hydrogens (tertiary/aromatic N) is 2. The molecule has 1 saturated carbocycles. The Morgan fingerprint density at radius 3 is 2.31 bits per heavy atom. The molecular weight excluding hydrogens is 448 g/mol. The van der Waals surface area contributed by atoms with Gasteiger partial charge in [-0.25, -0.2) is 4.79 Å². The lowest BCUT2D eigenvalue weighted by molar-refractivity contribution is -0.165. The number of hydrogen-bond acceptors (Lipinski definition) is 6. The molecule has 4 rings (SSSR count). The molecule has 0 amide bonds. The van der Waals surface area contributed by atoms with E-state index in [1.807, 2.05) is 30.3 Å². The summed E-state index contributed by atoms with van der Waals surface area (Å²) >= 11 is 0. The zero-order valence-corrected chi connectivity index (χ0v) is 19.8. The Hall–Kier alpha value is -3.78. The number of hydrogen-bond donors (Lipinski definition) is 0. The topological polar surface area (TPSA) is 96.6 Å². The van der Waals surface area contributed by atoms with Crippen molar-refractivity contribution in [3.63, 3.8) is 0 Å². The molecule has 0 bridgehead atoms. The van der Waals surface area contributed by atoms with Gasteiger partial charge in [0.1, 0.15) is 6.10 Å². The summed E-state index contributed by atoms with van der Waals surface area (Å²) in [6.45, 7) is 4.01. The summed E-state index contributed by atoms with van der Waals surface area (Å²) in [6, 6.07) is 18.0. The third-order valence-electron chi connectivity index (χ3n) is 6.34. The van der Waals surface area contributed by atoms with Crippen molar-refractivity contribution in [2.75, 3.05) is 6.61 Å². The second-order valence-electron chi connectivity index (χ2n) is 8.87. The lowest BCUT2D eigenvalue weighted by atomic mass is 9.71. The lowest BCUT2D eigenvalue weighted by Gasteiger charge is -2.43. The fraction of sp³-hybridized carbons (Fsp3) is 0.333. The quantitative estimate of drug-likeness (QED) is 0.464. The molecule has 1 aromatic heterocycles. The average molecular weight is 477 g/mol. The number of aryl methyl sites for hydroxylation is 1. The Morgan fingerprint density at radius 1 is 1.00 bits per heavy atom. The highest BCUT2D eigenvalue weighted by Gasteiger charge is 2.43. The Kier molecular flexibility index (Phi) is 7.41. The van der Waals surface area contributed by atoms with Gasteiger partial charge in [-0.2, -0.15) is 4.57 Å². The zero-order valence-electron chi connectivity index (χ0n) is 19.8. The van der Waals surface area contributed by atoms with Gasteiger partial charge in [-0.05, 0) is 37.0 Å². The minimum atomic E-state index is -0.716. The van der Waals surface area contributed by atoms with Gasteiger partial charge in [0.25, 0.3) is 11.5 Å². The molecular formula is C27H28N2O6. The first kappa shape index (κ1) is 24.3. The predicted molar refractivity (Wildman–Crippen MR) is 129 cm³/mol. The second kappa shape index (κ2) is 10.7. The highest BCUT2D eigenvalue weighted by molar-refractivity contribution is 5.95. The maximum atomic E-state index is 13.2. The first-order chi connectivity index (χ1) is 16.8. The van der Waals surface area contributed by atoms with E-state index in [-0.39, 0.29) is 35.6 Å². The van der Waals surface area contributed by atoms with Crippen molar-refractivity contribution >= 4 is 11.9 Å². The van der Waals surface area contributed by atoms with Crippen molar-refractivity contribution in [1.29, 1.82) is 0 Å². The lowest BCUT2D eigenvalue weighted by Crippen LogP contribution is -2.51. The van der Waals surface area contributed by atoms with Crippen LogP contribution in [0.3, 0.4) is 0 Å². The number of benzene rings is 2. The van der Waals surface area contributed by atoms with Crippen LogP contribution in [-0.4, -0.2) is 33.7 Å².